The van der Waals surface area contributed by atoms with Crippen LogP contribution in [0.3, 0.4) is 0 Å². The third kappa shape index (κ3) is 2.87. The van der Waals surface area contributed by atoms with Gasteiger partial charge >= 0.3 is 0 Å². The zero-order chi connectivity index (χ0) is 14.1. The van der Waals surface area contributed by atoms with Gasteiger partial charge in [-0.25, -0.2) is 0 Å². The molecule has 2 saturated heterocycles. The molecule has 0 radical (unpaired) electrons. The van der Waals surface area contributed by atoms with Gasteiger partial charge in [-0.3, -0.25) is 0 Å². The van der Waals surface area contributed by atoms with Gasteiger partial charge in [0.05, 0.1) is 24.9 Å². The van der Waals surface area contributed by atoms with E-state index in [-0.39, 0.29) is 5.60 Å². The van der Waals surface area contributed by atoms with Gasteiger partial charge in [0.25, 0.3) is 0 Å². The minimum Gasteiger partial charge on any atom is -0.375 e. The van der Waals surface area contributed by atoms with E-state index in [0.717, 1.165) is 51.3 Å². The first-order valence-corrected chi connectivity index (χ1v) is 9.01. The average Bonchev–Trinajstić information content (AvgIpc) is 3.11. The predicted molar refractivity (Wildman–Crippen MR) is 85.1 cm³/mol. The topological polar surface area (TPSA) is 30.5 Å². The van der Waals surface area contributed by atoms with Crippen LogP contribution in [0, 0.1) is 0 Å². The molecule has 1 aromatic rings. The lowest BCUT2D eigenvalue weighted by Crippen LogP contribution is -2.41. The van der Waals surface area contributed by atoms with Crippen molar-refractivity contribution in [3.63, 3.8) is 0 Å². The standard InChI is InChI=1S/C17H23NO2S/c1-2-4-16-15(3-1)13(12-21-16)10-19-14-9-17(20-11-14)5-7-18-8-6-17/h1-4,13-14,18H,5-12H2. The maximum atomic E-state index is 6.21. The first kappa shape index (κ1) is 14.1. The van der Waals surface area contributed by atoms with Crippen LogP contribution in [-0.4, -0.2) is 43.8 Å². The summed E-state index contributed by atoms with van der Waals surface area (Å²) < 4.78 is 12.3. The number of rotatable bonds is 3. The molecule has 1 aromatic carbocycles. The molecule has 0 aromatic heterocycles. The van der Waals surface area contributed by atoms with E-state index in [0.29, 0.717) is 12.0 Å². The molecular weight excluding hydrogens is 282 g/mol. The Balaban J connectivity index is 1.32. The third-order valence-corrected chi connectivity index (χ3v) is 6.27. The van der Waals surface area contributed by atoms with Crippen LogP contribution in [0.1, 0.15) is 30.7 Å². The molecule has 3 heterocycles. The number of nitrogens with one attached hydrogen (secondary N) is 1. The molecule has 2 atom stereocenters. The Morgan fingerprint density at radius 2 is 2.14 bits per heavy atom. The molecule has 0 bridgehead atoms. The summed E-state index contributed by atoms with van der Waals surface area (Å²) in [4.78, 5) is 1.43. The molecule has 3 aliphatic heterocycles. The minimum absolute atomic E-state index is 0.109. The Labute approximate surface area is 130 Å². The van der Waals surface area contributed by atoms with E-state index in [2.05, 4.69) is 29.6 Å². The van der Waals surface area contributed by atoms with Crippen LogP contribution in [-0.2, 0) is 9.47 Å². The Hall–Kier alpha value is -0.550. The van der Waals surface area contributed by atoms with Gasteiger partial charge in [-0.1, -0.05) is 18.2 Å². The normalized spacial score (nSPS) is 30.7. The molecule has 3 nitrogen and oxygen atoms in total. The summed E-state index contributed by atoms with van der Waals surface area (Å²) in [5, 5.41) is 3.41. The summed E-state index contributed by atoms with van der Waals surface area (Å²) in [5.74, 6) is 1.71. The average molecular weight is 305 g/mol. The SMILES string of the molecule is c1ccc2c(c1)SCC2COC1COC2(CCNCC2)C1. The summed E-state index contributed by atoms with van der Waals surface area (Å²) >= 11 is 1.96. The van der Waals surface area contributed by atoms with Crippen molar-refractivity contribution in [2.75, 3.05) is 32.1 Å². The van der Waals surface area contributed by atoms with Crippen molar-refractivity contribution in [2.24, 2.45) is 0 Å². The minimum atomic E-state index is 0.109. The van der Waals surface area contributed by atoms with Crippen LogP contribution in [0.4, 0.5) is 0 Å². The Morgan fingerprint density at radius 1 is 1.29 bits per heavy atom. The first-order chi connectivity index (χ1) is 10.3. The van der Waals surface area contributed by atoms with E-state index in [1.165, 1.54) is 10.5 Å². The number of piperidine rings is 1. The van der Waals surface area contributed by atoms with Gasteiger partial charge in [-0.15, -0.1) is 11.8 Å². The van der Waals surface area contributed by atoms with Crippen LogP contribution in [0.25, 0.3) is 0 Å². The number of thioether (sulfide) groups is 1. The highest BCUT2D eigenvalue weighted by Gasteiger charge is 2.41. The molecule has 2 fully saturated rings. The lowest BCUT2D eigenvalue weighted by atomic mass is 9.89. The Morgan fingerprint density at radius 3 is 3.05 bits per heavy atom. The van der Waals surface area contributed by atoms with E-state index in [1.807, 2.05) is 11.8 Å². The largest absolute Gasteiger partial charge is 0.375 e. The fourth-order valence-corrected chi connectivity index (χ4v) is 4.99. The maximum absolute atomic E-state index is 6.21. The van der Waals surface area contributed by atoms with Crippen molar-refractivity contribution in [1.29, 1.82) is 0 Å². The molecule has 4 heteroatoms. The number of benzene rings is 1. The third-order valence-electron chi connectivity index (χ3n) is 5.02. The molecule has 1 N–H and O–H groups in total. The molecule has 114 valence electrons. The highest BCUT2D eigenvalue weighted by Crippen LogP contribution is 2.40. The number of hydrogen-bond donors (Lipinski definition) is 1. The summed E-state index contributed by atoms with van der Waals surface area (Å²) in [6.45, 7) is 3.78. The number of hydrogen-bond acceptors (Lipinski definition) is 4. The van der Waals surface area contributed by atoms with Gasteiger partial charge in [0, 0.05) is 23.0 Å². The van der Waals surface area contributed by atoms with Crippen molar-refractivity contribution in [3.05, 3.63) is 29.8 Å². The lowest BCUT2D eigenvalue weighted by Gasteiger charge is -2.32. The van der Waals surface area contributed by atoms with Gasteiger partial charge in [0.15, 0.2) is 0 Å². The van der Waals surface area contributed by atoms with E-state index in [1.54, 1.807) is 0 Å². The van der Waals surface area contributed by atoms with Gasteiger partial charge < -0.3 is 14.8 Å². The van der Waals surface area contributed by atoms with Crippen molar-refractivity contribution in [1.82, 2.24) is 5.32 Å². The summed E-state index contributed by atoms with van der Waals surface area (Å²) in [6, 6.07) is 8.74. The van der Waals surface area contributed by atoms with Crippen molar-refractivity contribution in [2.45, 2.75) is 41.8 Å². The molecule has 0 saturated carbocycles. The second-order valence-electron chi connectivity index (χ2n) is 6.45. The quantitative estimate of drug-likeness (QED) is 0.930. The van der Waals surface area contributed by atoms with E-state index in [9.17, 15) is 0 Å². The summed E-state index contributed by atoms with van der Waals surface area (Å²) in [6.07, 6.45) is 3.64. The van der Waals surface area contributed by atoms with Crippen LogP contribution < -0.4 is 5.32 Å². The van der Waals surface area contributed by atoms with Crippen LogP contribution in [0.5, 0.6) is 0 Å². The molecule has 21 heavy (non-hydrogen) atoms. The second kappa shape index (κ2) is 5.92. The fourth-order valence-electron chi connectivity index (χ4n) is 3.76. The Kier molecular flexibility index (Phi) is 3.96. The van der Waals surface area contributed by atoms with Gasteiger partial charge in [-0.05, 0) is 37.6 Å². The monoisotopic (exact) mass is 305 g/mol. The summed E-state index contributed by atoms with van der Waals surface area (Å²) in [5.41, 5.74) is 1.58. The van der Waals surface area contributed by atoms with Gasteiger partial charge in [0.2, 0.25) is 0 Å². The predicted octanol–water partition coefficient (Wildman–Crippen LogP) is 2.80. The second-order valence-corrected chi connectivity index (χ2v) is 7.51. The lowest BCUT2D eigenvalue weighted by molar-refractivity contribution is -0.0236. The molecule has 3 aliphatic rings. The summed E-state index contributed by atoms with van der Waals surface area (Å²) in [7, 11) is 0. The highest BCUT2D eigenvalue weighted by molar-refractivity contribution is 7.99. The number of fused-ring (bicyclic) bond motifs is 1. The van der Waals surface area contributed by atoms with E-state index < -0.39 is 0 Å². The van der Waals surface area contributed by atoms with Crippen LogP contribution in [0.2, 0.25) is 0 Å². The van der Waals surface area contributed by atoms with E-state index >= 15 is 0 Å². The molecule has 1 spiro atoms. The molecule has 2 unspecified atom stereocenters. The van der Waals surface area contributed by atoms with Crippen molar-refractivity contribution in [3.8, 4) is 0 Å². The van der Waals surface area contributed by atoms with Crippen molar-refractivity contribution < 1.29 is 9.47 Å². The van der Waals surface area contributed by atoms with Gasteiger partial charge in [0.1, 0.15) is 0 Å². The smallest absolute Gasteiger partial charge is 0.0836 e. The maximum Gasteiger partial charge on any atom is 0.0836 e. The molecule has 0 amide bonds. The Bertz CT molecular complexity index is 501. The van der Waals surface area contributed by atoms with Gasteiger partial charge in [-0.2, -0.15) is 0 Å². The molecule has 4 rings (SSSR count). The molecular formula is C17H23NO2S. The van der Waals surface area contributed by atoms with Crippen LogP contribution >= 0.6 is 11.8 Å². The highest BCUT2D eigenvalue weighted by atomic mass is 32.2. The number of ether oxygens (including phenoxy) is 2. The van der Waals surface area contributed by atoms with Crippen molar-refractivity contribution >= 4 is 11.8 Å². The first-order valence-electron chi connectivity index (χ1n) is 8.03. The van der Waals surface area contributed by atoms with Crippen LogP contribution in [0.15, 0.2) is 29.2 Å². The zero-order valence-corrected chi connectivity index (χ0v) is 13.2. The molecule has 0 aliphatic carbocycles. The fraction of sp³-hybridized carbons (Fsp3) is 0.647. The zero-order valence-electron chi connectivity index (χ0n) is 12.3. The van der Waals surface area contributed by atoms with E-state index in [4.69, 9.17) is 9.47 Å².